The van der Waals surface area contributed by atoms with Gasteiger partial charge in [-0.05, 0) is 73.5 Å². The van der Waals surface area contributed by atoms with Gasteiger partial charge in [0.15, 0.2) is 11.0 Å². The summed E-state index contributed by atoms with van der Waals surface area (Å²) in [6.45, 7) is 3.02. The van der Waals surface area contributed by atoms with Crippen molar-refractivity contribution in [3.8, 4) is 11.4 Å². The largest absolute Gasteiger partial charge is 0.416 e. The minimum Gasteiger partial charge on any atom is -0.364 e. The van der Waals surface area contributed by atoms with Gasteiger partial charge in [-0.15, -0.1) is 10.2 Å². The highest BCUT2D eigenvalue weighted by Gasteiger charge is 2.57. The summed E-state index contributed by atoms with van der Waals surface area (Å²) >= 11 is 1.65. The number of aromatic nitrogens is 4. The van der Waals surface area contributed by atoms with Gasteiger partial charge in [0.2, 0.25) is 0 Å². The molecule has 5 rings (SSSR count). The fourth-order valence-electron chi connectivity index (χ4n) is 5.17. The molecule has 2 atom stereocenters. The molecule has 2 aliphatic rings. The van der Waals surface area contributed by atoms with Gasteiger partial charge in [-0.2, -0.15) is 13.2 Å². The van der Waals surface area contributed by atoms with Crippen LogP contribution in [0.3, 0.4) is 0 Å². The molecule has 1 spiro atoms. The fourth-order valence-corrected chi connectivity index (χ4v) is 6.00. The van der Waals surface area contributed by atoms with E-state index in [1.807, 2.05) is 11.6 Å². The first-order valence-corrected chi connectivity index (χ1v) is 12.8. The van der Waals surface area contributed by atoms with Crippen LogP contribution in [0.25, 0.3) is 11.4 Å². The Balaban J connectivity index is 1.09. The highest BCUT2D eigenvalue weighted by Crippen LogP contribution is 2.64. The van der Waals surface area contributed by atoms with Gasteiger partial charge in [-0.3, -0.25) is 9.78 Å². The molecule has 36 heavy (non-hydrogen) atoms. The third kappa shape index (κ3) is 4.99. The number of nitrogens with two attached hydrogens (primary N) is 1. The predicted molar refractivity (Wildman–Crippen MR) is 130 cm³/mol. The van der Waals surface area contributed by atoms with Crippen molar-refractivity contribution in [2.24, 2.45) is 18.2 Å². The molecule has 1 aliphatic heterocycles. The van der Waals surface area contributed by atoms with Crippen LogP contribution >= 0.6 is 11.8 Å². The number of hydrogen-bond donors (Lipinski definition) is 1. The molecule has 11 heteroatoms. The smallest absolute Gasteiger partial charge is 0.364 e. The van der Waals surface area contributed by atoms with Gasteiger partial charge in [0.05, 0.1) is 5.56 Å². The maximum absolute atomic E-state index is 12.8. The maximum atomic E-state index is 12.8. The molecule has 3 aromatic rings. The van der Waals surface area contributed by atoms with Crippen molar-refractivity contribution in [2.75, 3.05) is 25.4 Å². The topological polar surface area (TPSA) is 89.9 Å². The number of carbonyl (C=O) groups is 1. The molecule has 3 heterocycles. The van der Waals surface area contributed by atoms with Crippen LogP contribution in [-0.2, 0) is 13.2 Å². The zero-order valence-corrected chi connectivity index (χ0v) is 20.6. The van der Waals surface area contributed by atoms with Crippen LogP contribution in [0.1, 0.15) is 46.8 Å². The average molecular weight is 517 g/mol. The molecule has 1 unspecified atom stereocenters. The van der Waals surface area contributed by atoms with Crippen LogP contribution in [0, 0.1) is 5.41 Å². The number of primary amides is 1. The number of carbonyl (C=O) groups excluding carboxylic acids is 1. The highest BCUT2D eigenvalue weighted by atomic mass is 32.2. The molecular weight excluding hydrogens is 489 g/mol. The number of nitrogens with zero attached hydrogens (tertiary/aromatic N) is 5. The molecule has 2 aromatic heterocycles. The second-order valence-corrected chi connectivity index (χ2v) is 10.7. The average Bonchev–Trinajstić information content (AvgIpc) is 3.20. The number of likely N-dealkylation sites (tertiary alicyclic amines) is 1. The lowest BCUT2D eigenvalue weighted by Crippen LogP contribution is -2.23. The van der Waals surface area contributed by atoms with E-state index in [1.54, 1.807) is 42.2 Å². The normalized spacial score (nSPS) is 21.8. The van der Waals surface area contributed by atoms with Crippen LogP contribution < -0.4 is 5.73 Å². The SMILES string of the molecule is Cn1c(SCCCN2CCC3(C[C@@H]3c3ccc(C(F)(F)F)cc3)C2)nnc1-c1ccc(C(N)=O)nc1. The summed E-state index contributed by atoms with van der Waals surface area (Å²) in [5, 5.41) is 9.36. The third-order valence-electron chi connectivity index (χ3n) is 7.25. The molecule has 2 N–H and O–H groups in total. The molecule has 2 fully saturated rings. The Morgan fingerprint density at radius 3 is 2.64 bits per heavy atom. The van der Waals surface area contributed by atoms with E-state index < -0.39 is 17.6 Å². The van der Waals surface area contributed by atoms with E-state index in [2.05, 4.69) is 20.1 Å². The number of halogens is 3. The van der Waals surface area contributed by atoms with E-state index in [1.165, 1.54) is 12.1 Å². The summed E-state index contributed by atoms with van der Waals surface area (Å²) < 4.78 is 40.4. The lowest BCUT2D eigenvalue weighted by Gasteiger charge is -2.16. The van der Waals surface area contributed by atoms with Gasteiger partial charge < -0.3 is 15.2 Å². The Labute approximate surface area is 211 Å². The first-order chi connectivity index (χ1) is 17.2. The van der Waals surface area contributed by atoms with Crippen molar-refractivity contribution in [2.45, 2.75) is 36.5 Å². The van der Waals surface area contributed by atoms with Crippen LogP contribution in [0.4, 0.5) is 13.2 Å². The lowest BCUT2D eigenvalue weighted by atomic mass is 9.97. The second-order valence-electron chi connectivity index (χ2n) is 9.63. The molecule has 1 amide bonds. The first-order valence-electron chi connectivity index (χ1n) is 11.8. The van der Waals surface area contributed by atoms with Gasteiger partial charge in [-0.1, -0.05) is 23.9 Å². The quantitative estimate of drug-likeness (QED) is 0.354. The second kappa shape index (κ2) is 9.51. The zero-order chi connectivity index (χ0) is 25.5. The molecule has 7 nitrogen and oxygen atoms in total. The van der Waals surface area contributed by atoms with Crippen LogP contribution in [0.5, 0.6) is 0 Å². The Kier molecular flexibility index (Phi) is 6.54. The van der Waals surface area contributed by atoms with Crippen molar-refractivity contribution in [1.82, 2.24) is 24.6 Å². The van der Waals surface area contributed by atoms with Crippen LogP contribution in [0.2, 0.25) is 0 Å². The van der Waals surface area contributed by atoms with Gasteiger partial charge >= 0.3 is 6.18 Å². The molecular formula is C25H27F3N6OS. The van der Waals surface area contributed by atoms with E-state index in [9.17, 15) is 18.0 Å². The number of pyridine rings is 1. The standard InChI is InChI=1S/C25H27F3N6OS/c1-33-22(17-5-8-20(21(29)35)30-14-17)31-32-23(33)36-12-2-10-34-11-9-24(15-34)13-19(24)16-3-6-18(7-4-16)25(26,27)28/h3-8,14,19H,2,9-13,15H2,1H3,(H2,29,35)/t19-,24?/m1/s1. The number of alkyl halides is 3. The Morgan fingerprint density at radius 1 is 1.19 bits per heavy atom. The maximum Gasteiger partial charge on any atom is 0.416 e. The van der Waals surface area contributed by atoms with Crippen molar-refractivity contribution in [3.05, 3.63) is 59.4 Å². The van der Waals surface area contributed by atoms with Gasteiger partial charge in [0.1, 0.15) is 5.69 Å². The van der Waals surface area contributed by atoms with E-state index in [0.29, 0.717) is 11.7 Å². The van der Waals surface area contributed by atoms with Crippen molar-refractivity contribution >= 4 is 17.7 Å². The first kappa shape index (κ1) is 24.8. The van der Waals surface area contributed by atoms with E-state index in [0.717, 1.165) is 60.9 Å². The number of rotatable bonds is 8. The molecule has 1 aromatic carbocycles. The Bertz CT molecular complexity index is 1240. The highest BCUT2D eigenvalue weighted by molar-refractivity contribution is 7.99. The minimum atomic E-state index is -4.29. The van der Waals surface area contributed by atoms with Gasteiger partial charge in [0.25, 0.3) is 5.91 Å². The summed E-state index contributed by atoms with van der Waals surface area (Å²) in [6.07, 6.45) is 0.436. The monoisotopic (exact) mass is 516 g/mol. The predicted octanol–water partition coefficient (Wildman–Crippen LogP) is 4.36. The summed E-state index contributed by atoms with van der Waals surface area (Å²) in [6, 6.07) is 9.04. The van der Waals surface area contributed by atoms with E-state index >= 15 is 0 Å². The molecule has 1 saturated heterocycles. The molecule has 1 aliphatic carbocycles. The number of thioether (sulfide) groups is 1. The van der Waals surface area contributed by atoms with E-state index in [4.69, 9.17) is 5.73 Å². The van der Waals surface area contributed by atoms with Crippen molar-refractivity contribution in [1.29, 1.82) is 0 Å². The number of hydrogen-bond acceptors (Lipinski definition) is 6. The molecule has 1 saturated carbocycles. The summed E-state index contributed by atoms with van der Waals surface area (Å²) in [5.74, 6) is 1.36. The molecule has 190 valence electrons. The van der Waals surface area contributed by atoms with Crippen LogP contribution in [-0.4, -0.2) is 55.9 Å². The summed E-state index contributed by atoms with van der Waals surface area (Å²) in [7, 11) is 1.90. The number of amides is 1. The minimum absolute atomic E-state index is 0.205. The Hall–Kier alpha value is -2.92. The zero-order valence-electron chi connectivity index (χ0n) is 19.8. The summed E-state index contributed by atoms with van der Waals surface area (Å²) in [5.41, 5.74) is 6.88. The lowest BCUT2D eigenvalue weighted by molar-refractivity contribution is -0.137. The van der Waals surface area contributed by atoms with E-state index in [-0.39, 0.29) is 11.1 Å². The van der Waals surface area contributed by atoms with Crippen molar-refractivity contribution < 1.29 is 18.0 Å². The van der Waals surface area contributed by atoms with Gasteiger partial charge in [-0.25, -0.2) is 0 Å². The van der Waals surface area contributed by atoms with Crippen LogP contribution in [0.15, 0.2) is 47.8 Å². The third-order valence-corrected chi connectivity index (χ3v) is 8.36. The number of benzene rings is 1. The molecule has 0 bridgehead atoms. The Morgan fingerprint density at radius 2 is 1.97 bits per heavy atom. The van der Waals surface area contributed by atoms with Crippen molar-refractivity contribution in [3.63, 3.8) is 0 Å². The fraction of sp³-hybridized carbons (Fsp3) is 0.440. The molecule has 0 radical (unpaired) electrons. The summed E-state index contributed by atoms with van der Waals surface area (Å²) in [4.78, 5) is 17.7. The van der Waals surface area contributed by atoms with Gasteiger partial charge in [0, 0.05) is 31.1 Å².